The van der Waals surface area contributed by atoms with Gasteiger partial charge < -0.3 is 9.47 Å². The molecule has 1 heterocycles. The second-order valence-corrected chi connectivity index (χ2v) is 9.07. The van der Waals surface area contributed by atoms with Crippen LogP contribution in [0.1, 0.15) is 29.2 Å². The molecule has 0 unspecified atom stereocenters. The van der Waals surface area contributed by atoms with Crippen molar-refractivity contribution >= 4 is 16.9 Å². The summed E-state index contributed by atoms with van der Waals surface area (Å²) in [5, 5.41) is 0.427. The van der Waals surface area contributed by atoms with E-state index in [0.717, 1.165) is 28.3 Å². The molecule has 5 rings (SSSR count). The Morgan fingerprint density at radius 1 is 0.821 bits per heavy atom. The number of carbonyl (C=O) groups is 1. The average Bonchev–Trinajstić information content (AvgIpc) is 2.92. The topological polar surface area (TPSA) is 48.4 Å². The van der Waals surface area contributed by atoms with Crippen LogP contribution in [0.4, 0.5) is 13.2 Å². The number of para-hydroxylation sites is 1. The summed E-state index contributed by atoms with van der Waals surface area (Å²) in [7, 11) is 0. The normalized spacial score (nSPS) is 11.4. The number of benzene rings is 4. The Balaban J connectivity index is 1.52. The number of carbonyl (C=O) groups excluding carboxylic acids is 1. The van der Waals surface area contributed by atoms with Gasteiger partial charge >= 0.3 is 12.1 Å². The van der Waals surface area contributed by atoms with Crippen LogP contribution in [0.15, 0.2) is 103 Å². The third-order valence-electron chi connectivity index (χ3n) is 6.23. The standard InChI is InChI=1S/C32H24F3NO3/c1-21(37)39-26-15-13-23(14-16-26)20-38-27-10-5-9-24(18-27)30-25(17-22-7-3-2-4-8-22)19-36-31-28(30)11-6-12-29(31)32(33,34)35/h2-16,18-19H,17,20H2,1H3. The highest BCUT2D eigenvalue weighted by atomic mass is 19.4. The molecule has 0 amide bonds. The number of hydrogen-bond donors (Lipinski definition) is 0. The van der Waals surface area contributed by atoms with Crippen molar-refractivity contribution in [3.8, 4) is 22.6 Å². The molecule has 0 aliphatic rings. The number of aromatic nitrogens is 1. The molecule has 4 aromatic carbocycles. The molecule has 1 aromatic heterocycles. The Morgan fingerprint density at radius 2 is 1.56 bits per heavy atom. The quantitative estimate of drug-likeness (QED) is 0.159. The van der Waals surface area contributed by atoms with Crippen molar-refractivity contribution in [2.24, 2.45) is 0 Å². The monoisotopic (exact) mass is 527 g/mol. The molecule has 0 atom stereocenters. The highest BCUT2D eigenvalue weighted by Gasteiger charge is 2.33. The van der Waals surface area contributed by atoms with Gasteiger partial charge in [-0.15, -0.1) is 0 Å². The van der Waals surface area contributed by atoms with Crippen LogP contribution in [0.25, 0.3) is 22.0 Å². The van der Waals surface area contributed by atoms with E-state index in [1.54, 1.807) is 36.4 Å². The SMILES string of the molecule is CC(=O)Oc1ccc(COc2cccc(-c3c(Cc4ccccc4)cnc4c(C(F)(F)F)cccc34)c2)cc1. The van der Waals surface area contributed by atoms with Crippen molar-refractivity contribution < 1.29 is 27.4 Å². The fourth-order valence-electron chi connectivity index (χ4n) is 4.51. The fourth-order valence-corrected chi connectivity index (χ4v) is 4.51. The molecule has 0 aliphatic carbocycles. The molecule has 0 spiro atoms. The Bertz CT molecular complexity index is 1610. The minimum atomic E-state index is -4.53. The van der Waals surface area contributed by atoms with Crippen molar-refractivity contribution in [3.05, 3.63) is 126 Å². The third kappa shape index (κ3) is 6.09. The first-order chi connectivity index (χ1) is 18.8. The summed E-state index contributed by atoms with van der Waals surface area (Å²) in [6.45, 7) is 1.60. The van der Waals surface area contributed by atoms with Crippen LogP contribution < -0.4 is 9.47 Å². The maximum atomic E-state index is 13.8. The van der Waals surface area contributed by atoms with Crippen molar-refractivity contribution in [1.82, 2.24) is 4.98 Å². The lowest BCUT2D eigenvalue weighted by molar-refractivity contribution is -0.136. The van der Waals surface area contributed by atoms with Crippen molar-refractivity contribution in [1.29, 1.82) is 0 Å². The summed E-state index contributed by atoms with van der Waals surface area (Å²) in [5.74, 6) is 0.620. The number of hydrogen-bond acceptors (Lipinski definition) is 4. The largest absolute Gasteiger partial charge is 0.489 e. The lowest BCUT2D eigenvalue weighted by Crippen LogP contribution is -2.07. The molecule has 7 heteroatoms. The summed E-state index contributed by atoms with van der Waals surface area (Å²) in [4.78, 5) is 15.4. The van der Waals surface area contributed by atoms with Gasteiger partial charge in [0.15, 0.2) is 0 Å². The van der Waals surface area contributed by atoms with Crippen LogP contribution in [0, 0.1) is 0 Å². The van der Waals surface area contributed by atoms with E-state index in [-0.39, 0.29) is 12.1 Å². The lowest BCUT2D eigenvalue weighted by Gasteiger charge is -2.17. The van der Waals surface area contributed by atoms with E-state index in [1.165, 1.54) is 19.2 Å². The zero-order valence-electron chi connectivity index (χ0n) is 21.0. The van der Waals surface area contributed by atoms with E-state index in [2.05, 4.69) is 4.98 Å². The molecule has 4 nitrogen and oxygen atoms in total. The van der Waals surface area contributed by atoms with Crippen molar-refractivity contribution in [2.45, 2.75) is 26.1 Å². The minimum Gasteiger partial charge on any atom is -0.489 e. The van der Waals surface area contributed by atoms with Crippen LogP contribution in [-0.2, 0) is 24.0 Å². The molecule has 0 N–H and O–H groups in total. The summed E-state index contributed by atoms with van der Waals surface area (Å²) >= 11 is 0. The van der Waals surface area contributed by atoms with Crippen LogP contribution >= 0.6 is 0 Å². The molecule has 0 aliphatic heterocycles. The lowest BCUT2D eigenvalue weighted by atomic mass is 9.92. The number of ether oxygens (including phenoxy) is 2. The van der Waals surface area contributed by atoms with Gasteiger partial charge in [-0.2, -0.15) is 13.2 Å². The van der Waals surface area contributed by atoms with E-state index in [9.17, 15) is 18.0 Å². The molecule has 196 valence electrons. The first kappa shape index (κ1) is 26.0. The molecule has 0 radical (unpaired) electrons. The van der Waals surface area contributed by atoms with Crippen LogP contribution in [0.3, 0.4) is 0 Å². The molecular weight excluding hydrogens is 503 g/mol. The van der Waals surface area contributed by atoms with Gasteiger partial charge in [-0.3, -0.25) is 9.78 Å². The van der Waals surface area contributed by atoms with E-state index in [1.807, 2.05) is 48.5 Å². The second-order valence-electron chi connectivity index (χ2n) is 9.07. The Morgan fingerprint density at radius 3 is 2.28 bits per heavy atom. The van der Waals surface area contributed by atoms with E-state index in [4.69, 9.17) is 9.47 Å². The van der Waals surface area contributed by atoms with Gasteiger partial charge in [-0.05, 0) is 64.6 Å². The number of halogens is 3. The zero-order valence-corrected chi connectivity index (χ0v) is 21.0. The fraction of sp³-hybridized carbons (Fsp3) is 0.125. The number of esters is 1. The number of nitrogens with zero attached hydrogens (tertiary/aromatic N) is 1. The third-order valence-corrected chi connectivity index (χ3v) is 6.23. The van der Waals surface area contributed by atoms with Crippen molar-refractivity contribution in [2.75, 3.05) is 0 Å². The van der Waals surface area contributed by atoms with E-state index < -0.39 is 17.7 Å². The average molecular weight is 528 g/mol. The summed E-state index contributed by atoms with van der Waals surface area (Å²) in [6, 6.07) is 28.2. The maximum absolute atomic E-state index is 13.8. The van der Waals surface area contributed by atoms with Gasteiger partial charge in [0.25, 0.3) is 0 Å². The smallest absolute Gasteiger partial charge is 0.418 e. The number of rotatable bonds is 7. The van der Waals surface area contributed by atoms with E-state index >= 15 is 0 Å². The van der Waals surface area contributed by atoms with Crippen LogP contribution in [0.5, 0.6) is 11.5 Å². The van der Waals surface area contributed by atoms with Gasteiger partial charge in [0.05, 0.1) is 11.1 Å². The summed E-state index contributed by atoms with van der Waals surface area (Å²) in [5.41, 5.74) is 3.27. The van der Waals surface area contributed by atoms with Crippen LogP contribution in [0.2, 0.25) is 0 Å². The molecule has 0 saturated heterocycles. The Labute approximate surface area is 223 Å². The molecular formula is C32H24F3NO3. The zero-order chi connectivity index (χ0) is 27.4. The summed E-state index contributed by atoms with van der Waals surface area (Å²) < 4.78 is 52.6. The van der Waals surface area contributed by atoms with Gasteiger partial charge in [-0.1, -0.05) is 66.7 Å². The highest BCUT2D eigenvalue weighted by Crippen LogP contribution is 2.39. The van der Waals surface area contributed by atoms with E-state index in [0.29, 0.717) is 28.9 Å². The van der Waals surface area contributed by atoms with Gasteiger partial charge in [0, 0.05) is 18.5 Å². The second kappa shape index (κ2) is 11.0. The number of pyridine rings is 1. The highest BCUT2D eigenvalue weighted by molar-refractivity contribution is 5.98. The predicted molar refractivity (Wildman–Crippen MR) is 144 cm³/mol. The molecule has 0 saturated carbocycles. The minimum absolute atomic E-state index is 0.0870. The van der Waals surface area contributed by atoms with Gasteiger partial charge in [0.1, 0.15) is 18.1 Å². The van der Waals surface area contributed by atoms with Gasteiger partial charge in [0.2, 0.25) is 0 Å². The first-order valence-electron chi connectivity index (χ1n) is 12.3. The molecule has 39 heavy (non-hydrogen) atoms. The molecule has 0 fully saturated rings. The Hall–Kier alpha value is -4.65. The van der Waals surface area contributed by atoms with Gasteiger partial charge in [-0.25, -0.2) is 0 Å². The van der Waals surface area contributed by atoms with Crippen LogP contribution in [-0.4, -0.2) is 11.0 Å². The molecule has 5 aromatic rings. The molecule has 0 bridgehead atoms. The number of alkyl halides is 3. The number of fused-ring (bicyclic) bond motifs is 1. The first-order valence-corrected chi connectivity index (χ1v) is 12.3. The Kier molecular flexibility index (Phi) is 7.32. The summed E-state index contributed by atoms with van der Waals surface area (Å²) in [6.07, 6.45) is -2.48. The predicted octanol–water partition coefficient (Wildman–Crippen LogP) is 8.02. The maximum Gasteiger partial charge on any atom is 0.418 e. The van der Waals surface area contributed by atoms with Crippen molar-refractivity contribution in [3.63, 3.8) is 0 Å².